The summed E-state index contributed by atoms with van der Waals surface area (Å²) in [6.45, 7) is 4.46. The van der Waals surface area contributed by atoms with E-state index in [0.717, 1.165) is 6.42 Å². The van der Waals surface area contributed by atoms with E-state index in [1.807, 2.05) is 19.4 Å². The van der Waals surface area contributed by atoms with Crippen LogP contribution in [0.1, 0.15) is 26.1 Å². The second kappa shape index (κ2) is 4.80. The highest BCUT2D eigenvalue weighted by atomic mass is 79.9. The highest BCUT2D eigenvalue weighted by Gasteiger charge is 2.09. The summed E-state index contributed by atoms with van der Waals surface area (Å²) >= 11 is 3.57. The molecule has 2 atom stereocenters. The van der Waals surface area contributed by atoms with Gasteiger partial charge in [0.15, 0.2) is 0 Å². The highest BCUT2D eigenvalue weighted by Crippen LogP contribution is 2.16. The van der Waals surface area contributed by atoms with Crippen LogP contribution in [-0.4, -0.2) is 14.4 Å². The van der Waals surface area contributed by atoms with Gasteiger partial charge in [-0.2, -0.15) is 0 Å². The normalized spacial score (nSPS) is 15.7. The maximum Gasteiger partial charge on any atom is 0.108 e. The minimum Gasteiger partial charge on any atom is -0.338 e. The van der Waals surface area contributed by atoms with Gasteiger partial charge in [-0.25, -0.2) is 4.98 Å². The van der Waals surface area contributed by atoms with Crippen LogP contribution in [0.5, 0.6) is 0 Å². The lowest BCUT2D eigenvalue weighted by atomic mass is 10.0. The molecule has 0 N–H and O–H groups in total. The molecule has 0 spiro atoms. The quantitative estimate of drug-likeness (QED) is 0.746. The third kappa shape index (κ3) is 3.51. The second-order valence-corrected chi connectivity index (χ2v) is 5.34. The average molecular weight is 245 g/mol. The lowest BCUT2D eigenvalue weighted by Crippen LogP contribution is -2.08. The number of aryl methyl sites for hydroxylation is 1. The number of hydrogen-bond donors (Lipinski definition) is 0. The molecule has 0 aliphatic carbocycles. The standard InChI is InChI=1S/C10H17BrN2/c1-8(6-9(2)11)7-10-12-4-5-13(10)3/h4-5,8-9H,6-7H2,1-3H3. The Bertz CT molecular complexity index is 255. The van der Waals surface area contributed by atoms with E-state index in [1.54, 1.807) is 0 Å². The fraction of sp³-hybridized carbons (Fsp3) is 0.700. The first kappa shape index (κ1) is 10.8. The minimum atomic E-state index is 0.600. The molecule has 1 aromatic rings. The summed E-state index contributed by atoms with van der Waals surface area (Å²) in [6, 6.07) is 0. The van der Waals surface area contributed by atoms with Crippen LogP contribution in [-0.2, 0) is 13.5 Å². The fourth-order valence-electron chi connectivity index (χ4n) is 1.54. The molecule has 1 rings (SSSR count). The molecule has 0 radical (unpaired) electrons. The summed E-state index contributed by atoms with van der Waals surface area (Å²) in [4.78, 5) is 4.91. The lowest BCUT2D eigenvalue weighted by Gasteiger charge is -2.12. The summed E-state index contributed by atoms with van der Waals surface area (Å²) in [6.07, 6.45) is 6.13. The Labute approximate surface area is 88.5 Å². The summed E-state index contributed by atoms with van der Waals surface area (Å²) in [7, 11) is 2.05. The van der Waals surface area contributed by atoms with Crippen molar-refractivity contribution in [2.75, 3.05) is 0 Å². The van der Waals surface area contributed by atoms with E-state index < -0.39 is 0 Å². The van der Waals surface area contributed by atoms with Gasteiger partial charge in [0.25, 0.3) is 0 Å². The first-order valence-electron chi connectivity index (χ1n) is 4.70. The average Bonchev–Trinajstić information content (AvgIpc) is 2.34. The van der Waals surface area contributed by atoms with Crippen molar-refractivity contribution < 1.29 is 0 Å². The summed E-state index contributed by atoms with van der Waals surface area (Å²) in [5.74, 6) is 1.87. The first-order valence-corrected chi connectivity index (χ1v) is 5.61. The van der Waals surface area contributed by atoms with Gasteiger partial charge in [-0.1, -0.05) is 29.8 Å². The maximum absolute atomic E-state index is 4.31. The van der Waals surface area contributed by atoms with Gasteiger partial charge in [-0.15, -0.1) is 0 Å². The third-order valence-electron chi connectivity index (χ3n) is 2.18. The van der Waals surface area contributed by atoms with Crippen molar-refractivity contribution in [1.82, 2.24) is 9.55 Å². The SMILES string of the molecule is CC(Br)CC(C)Cc1nccn1C. The molecule has 0 aliphatic heterocycles. The Hall–Kier alpha value is -0.310. The van der Waals surface area contributed by atoms with Crippen LogP contribution < -0.4 is 0 Å². The monoisotopic (exact) mass is 244 g/mol. The summed E-state index contributed by atoms with van der Waals surface area (Å²) in [5, 5.41) is 0. The maximum atomic E-state index is 4.31. The lowest BCUT2D eigenvalue weighted by molar-refractivity contribution is 0.510. The van der Waals surface area contributed by atoms with Crippen LogP contribution in [0.3, 0.4) is 0 Å². The molecule has 0 aromatic carbocycles. The largest absolute Gasteiger partial charge is 0.338 e. The zero-order chi connectivity index (χ0) is 9.84. The third-order valence-corrected chi connectivity index (χ3v) is 2.55. The van der Waals surface area contributed by atoms with Gasteiger partial charge in [0.05, 0.1) is 0 Å². The molecule has 3 heteroatoms. The number of nitrogens with zero attached hydrogens (tertiary/aromatic N) is 2. The van der Waals surface area contributed by atoms with Gasteiger partial charge < -0.3 is 4.57 Å². The van der Waals surface area contributed by atoms with Gasteiger partial charge >= 0.3 is 0 Å². The Morgan fingerprint density at radius 1 is 1.54 bits per heavy atom. The van der Waals surface area contributed by atoms with Gasteiger partial charge in [0.1, 0.15) is 5.82 Å². The fourth-order valence-corrected chi connectivity index (χ4v) is 2.18. The van der Waals surface area contributed by atoms with Crippen LogP contribution in [0.2, 0.25) is 0 Å². The topological polar surface area (TPSA) is 17.8 Å². The molecule has 1 aromatic heterocycles. The second-order valence-electron chi connectivity index (χ2n) is 3.78. The van der Waals surface area contributed by atoms with E-state index in [-0.39, 0.29) is 0 Å². The molecule has 0 aliphatic rings. The van der Waals surface area contributed by atoms with Crippen molar-refractivity contribution in [3.63, 3.8) is 0 Å². The van der Waals surface area contributed by atoms with Crippen molar-refractivity contribution in [2.24, 2.45) is 13.0 Å². The minimum absolute atomic E-state index is 0.600. The van der Waals surface area contributed by atoms with Gasteiger partial charge in [0.2, 0.25) is 0 Å². The van der Waals surface area contributed by atoms with Crippen LogP contribution in [0.15, 0.2) is 12.4 Å². The number of imidazole rings is 1. The van der Waals surface area contributed by atoms with Crippen molar-refractivity contribution in [2.45, 2.75) is 31.5 Å². The number of alkyl halides is 1. The van der Waals surface area contributed by atoms with Crippen molar-refractivity contribution in [1.29, 1.82) is 0 Å². The van der Waals surface area contributed by atoms with Crippen LogP contribution in [0.4, 0.5) is 0 Å². The van der Waals surface area contributed by atoms with Crippen molar-refractivity contribution in [3.05, 3.63) is 18.2 Å². The number of halogens is 1. The van der Waals surface area contributed by atoms with E-state index in [0.29, 0.717) is 10.7 Å². The van der Waals surface area contributed by atoms with Gasteiger partial charge in [-0.05, 0) is 12.3 Å². The van der Waals surface area contributed by atoms with Crippen molar-refractivity contribution in [3.8, 4) is 0 Å². The van der Waals surface area contributed by atoms with Crippen LogP contribution >= 0.6 is 15.9 Å². The van der Waals surface area contributed by atoms with Crippen LogP contribution in [0, 0.1) is 5.92 Å². The Kier molecular flexibility index (Phi) is 3.97. The zero-order valence-electron chi connectivity index (χ0n) is 8.50. The van der Waals surface area contributed by atoms with Crippen LogP contribution in [0.25, 0.3) is 0 Å². The highest BCUT2D eigenvalue weighted by molar-refractivity contribution is 9.09. The summed E-state index contributed by atoms with van der Waals surface area (Å²) < 4.78 is 2.09. The van der Waals surface area contributed by atoms with E-state index in [4.69, 9.17) is 0 Å². The molecule has 74 valence electrons. The van der Waals surface area contributed by atoms with E-state index in [2.05, 4.69) is 39.3 Å². The van der Waals surface area contributed by atoms with E-state index >= 15 is 0 Å². The Balaban J connectivity index is 2.45. The predicted octanol–water partition coefficient (Wildman–Crippen LogP) is 2.77. The molecule has 0 fully saturated rings. The Morgan fingerprint density at radius 2 is 2.23 bits per heavy atom. The molecule has 2 unspecified atom stereocenters. The smallest absolute Gasteiger partial charge is 0.108 e. The van der Waals surface area contributed by atoms with Crippen molar-refractivity contribution >= 4 is 15.9 Å². The summed E-state index contributed by atoms with van der Waals surface area (Å²) in [5.41, 5.74) is 0. The van der Waals surface area contributed by atoms with Gasteiger partial charge in [0, 0.05) is 30.7 Å². The predicted molar refractivity (Wildman–Crippen MR) is 59.1 cm³/mol. The van der Waals surface area contributed by atoms with Gasteiger partial charge in [-0.3, -0.25) is 0 Å². The molecule has 2 nitrogen and oxygen atoms in total. The Morgan fingerprint density at radius 3 is 2.69 bits per heavy atom. The zero-order valence-corrected chi connectivity index (χ0v) is 10.1. The molecule has 13 heavy (non-hydrogen) atoms. The molecular weight excluding hydrogens is 228 g/mol. The number of rotatable bonds is 4. The molecular formula is C10H17BrN2. The number of aromatic nitrogens is 2. The van der Waals surface area contributed by atoms with E-state index in [9.17, 15) is 0 Å². The first-order chi connectivity index (χ1) is 6.09. The molecule has 1 heterocycles. The van der Waals surface area contributed by atoms with E-state index in [1.165, 1.54) is 12.2 Å². The molecule has 0 saturated carbocycles. The molecule has 0 amide bonds. The molecule has 0 saturated heterocycles. The molecule has 0 bridgehead atoms. The number of hydrogen-bond acceptors (Lipinski definition) is 1.